The van der Waals surface area contributed by atoms with Crippen molar-refractivity contribution in [3.8, 4) is 0 Å². The van der Waals surface area contributed by atoms with Crippen molar-refractivity contribution in [3.63, 3.8) is 0 Å². The van der Waals surface area contributed by atoms with Crippen LogP contribution in [0, 0.1) is 23.7 Å². The Bertz CT molecular complexity index is 738. The zero-order chi connectivity index (χ0) is 34.0. The molecule has 5 nitrogen and oxygen atoms in total. The second-order valence-corrected chi connectivity index (χ2v) is 14.6. The van der Waals surface area contributed by atoms with E-state index in [0.29, 0.717) is 19.5 Å². The van der Waals surface area contributed by atoms with Crippen LogP contribution in [0.15, 0.2) is 24.3 Å². The first-order valence-electron chi connectivity index (χ1n) is 20.9. The zero-order valence-corrected chi connectivity index (χ0v) is 31.8. The highest BCUT2D eigenvalue weighted by atomic mass is 16.1. The third-order valence-corrected chi connectivity index (χ3v) is 10.5. The van der Waals surface area contributed by atoms with Crippen LogP contribution >= 0.6 is 0 Å². The third-order valence-electron chi connectivity index (χ3n) is 10.5. The van der Waals surface area contributed by atoms with Crippen molar-refractivity contribution < 1.29 is 4.79 Å². The van der Waals surface area contributed by atoms with Gasteiger partial charge in [0.15, 0.2) is 0 Å². The second kappa shape index (κ2) is 33.3. The Kier molecular flexibility index (Phi) is 31.1. The number of rotatable bonds is 34. The summed E-state index contributed by atoms with van der Waals surface area (Å²) in [5.41, 5.74) is 5.49. The summed E-state index contributed by atoms with van der Waals surface area (Å²) < 4.78 is 0. The molecule has 0 spiro atoms. The van der Waals surface area contributed by atoms with Gasteiger partial charge < -0.3 is 21.7 Å². The van der Waals surface area contributed by atoms with Gasteiger partial charge in [-0.25, -0.2) is 0 Å². The minimum Gasteiger partial charge on any atom is -0.355 e. The van der Waals surface area contributed by atoms with Gasteiger partial charge in [-0.05, 0) is 68.6 Å². The van der Waals surface area contributed by atoms with Crippen LogP contribution < -0.4 is 21.7 Å². The summed E-state index contributed by atoms with van der Waals surface area (Å²) in [5, 5.41) is 9.70. The molecule has 0 radical (unpaired) electrons. The lowest BCUT2D eigenvalue weighted by Gasteiger charge is -2.40. The van der Waals surface area contributed by atoms with Crippen LogP contribution in [-0.4, -0.2) is 45.2 Å². The first-order chi connectivity index (χ1) is 23.2. The summed E-state index contributed by atoms with van der Waals surface area (Å²) in [5.74, 6) is 3.39. The van der Waals surface area contributed by atoms with E-state index in [1.54, 1.807) is 0 Å². The summed E-state index contributed by atoms with van der Waals surface area (Å²) in [4.78, 5) is 12.3. The lowest BCUT2D eigenvalue weighted by atomic mass is 9.65. The molecule has 0 aliphatic heterocycles. The highest BCUT2D eigenvalue weighted by molar-refractivity contribution is 5.75. The van der Waals surface area contributed by atoms with Gasteiger partial charge in [0.05, 0.1) is 0 Å². The molecule has 1 amide bonds. The quantitative estimate of drug-likeness (QED) is 0.0410. The number of hydrogen-bond acceptors (Lipinski definition) is 4. The van der Waals surface area contributed by atoms with Gasteiger partial charge >= 0.3 is 0 Å². The lowest BCUT2D eigenvalue weighted by Crippen LogP contribution is -2.35. The molecule has 5 N–H and O–H groups in total. The van der Waals surface area contributed by atoms with Crippen LogP contribution in [0.5, 0.6) is 0 Å². The van der Waals surface area contributed by atoms with E-state index in [0.717, 1.165) is 56.3 Å². The molecule has 0 aromatic rings. The zero-order valence-electron chi connectivity index (χ0n) is 31.8. The molecule has 0 heterocycles. The second-order valence-electron chi connectivity index (χ2n) is 14.6. The molecule has 1 rings (SSSR count). The molecule has 1 aliphatic rings. The fourth-order valence-electron chi connectivity index (χ4n) is 7.56. The molecule has 0 aromatic heterocycles. The van der Waals surface area contributed by atoms with Crippen molar-refractivity contribution >= 4 is 5.91 Å². The van der Waals surface area contributed by atoms with Gasteiger partial charge in [0.2, 0.25) is 5.91 Å². The minimum atomic E-state index is 0.204. The summed E-state index contributed by atoms with van der Waals surface area (Å²) in [6.45, 7) is 11.8. The lowest BCUT2D eigenvalue weighted by molar-refractivity contribution is -0.121. The van der Waals surface area contributed by atoms with Crippen molar-refractivity contribution in [2.24, 2.45) is 29.4 Å². The van der Waals surface area contributed by atoms with Crippen molar-refractivity contribution in [1.82, 2.24) is 16.0 Å². The molecular weight excluding hydrogens is 576 g/mol. The number of allylic oxidation sites excluding steroid dienone is 4. The average Bonchev–Trinajstić information content (AvgIpc) is 3.08. The summed E-state index contributed by atoms with van der Waals surface area (Å²) >= 11 is 0. The molecular formula is C42H82N4O. The smallest absolute Gasteiger partial charge is 0.220 e. The highest BCUT2D eigenvalue weighted by Crippen LogP contribution is 2.44. The average molecular weight is 659 g/mol. The van der Waals surface area contributed by atoms with Crippen molar-refractivity contribution in [3.05, 3.63) is 24.3 Å². The van der Waals surface area contributed by atoms with Crippen molar-refractivity contribution in [2.75, 3.05) is 39.3 Å². The Labute approximate surface area is 293 Å². The summed E-state index contributed by atoms with van der Waals surface area (Å²) in [7, 11) is 0. The normalized spacial score (nSPS) is 19.6. The maximum absolute atomic E-state index is 12.3. The van der Waals surface area contributed by atoms with Crippen LogP contribution in [0.3, 0.4) is 0 Å². The SMILES string of the molecule is CCCCC/C=C/CC1C(CCCCCC)C=CC(CCCCCCCC)C1CCCCCCCC(=O)NCCNCCNCCN. The first kappa shape index (κ1) is 43.9. The Morgan fingerprint density at radius 2 is 1.09 bits per heavy atom. The van der Waals surface area contributed by atoms with Crippen LogP contribution in [0.25, 0.3) is 0 Å². The van der Waals surface area contributed by atoms with Crippen molar-refractivity contribution in [1.29, 1.82) is 0 Å². The van der Waals surface area contributed by atoms with Crippen LogP contribution in [0.1, 0.15) is 175 Å². The fourth-order valence-corrected chi connectivity index (χ4v) is 7.56. The number of nitrogens with one attached hydrogen (secondary N) is 3. The largest absolute Gasteiger partial charge is 0.355 e. The van der Waals surface area contributed by atoms with Crippen LogP contribution in [-0.2, 0) is 4.79 Å². The van der Waals surface area contributed by atoms with E-state index in [2.05, 4.69) is 61.0 Å². The molecule has 4 unspecified atom stereocenters. The van der Waals surface area contributed by atoms with Gasteiger partial charge in [0.25, 0.3) is 0 Å². The van der Waals surface area contributed by atoms with Gasteiger partial charge in [-0.2, -0.15) is 0 Å². The van der Waals surface area contributed by atoms with Gasteiger partial charge in [0, 0.05) is 45.7 Å². The summed E-state index contributed by atoms with van der Waals surface area (Å²) in [6.07, 6.45) is 41.8. The monoisotopic (exact) mass is 659 g/mol. The number of amides is 1. The molecule has 0 saturated heterocycles. The number of hydrogen-bond donors (Lipinski definition) is 4. The van der Waals surface area contributed by atoms with Gasteiger partial charge in [-0.15, -0.1) is 0 Å². The molecule has 47 heavy (non-hydrogen) atoms. The molecule has 4 atom stereocenters. The summed E-state index contributed by atoms with van der Waals surface area (Å²) in [6, 6.07) is 0. The third kappa shape index (κ3) is 24.6. The van der Waals surface area contributed by atoms with E-state index in [4.69, 9.17) is 5.73 Å². The molecule has 0 fully saturated rings. The van der Waals surface area contributed by atoms with Crippen molar-refractivity contribution in [2.45, 2.75) is 175 Å². The Morgan fingerprint density at radius 1 is 0.574 bits per heavy atom. The van der Waals surface area contributed by atoms with Gasteiger partial charge in [-0.3, -0.25) is 4.79 Å². The predicted molar refractivity (Wildman–Crippen MR) is 208 cm³/mol. The molecule has 0 saturated carbocycles. The number of nitrogens with two attached hydrogens (primary N) is 1. The fraction of sp³-hybridized carbons (Fsp3) is 0.881. The Hall–Kier alpha value is -1.17. The van der Waals surface area contributed by atoms with E-state index in [1.165, 1.54) is 141 Å². The Balaban J connectivity index is 2.57. The maximum atomic E-state index is 12.3. The number of carbonyl (C=O) groups excluding carboxylic acids is 1. The molecule has 276 valence electrons. The molecule has 5 heteroatoms. The number of carbonyl (C=O) groups is 1. The highest BCUT2D eigenvalue weighted by Gasteiger charge is 2.34. The predicted octanol–water partition coefficient (Wildman–Crippen LogP) is 10.3. The topological polar surface area (TPSA) is 79.2 Å². The van der Waals surface area contributed by atoms with E-state index in [1.807, 2.05) is 0 Å². The van der Waals surface area contributed by atoms with E-state index in [9.17, 15) is 4.79 Å². The minimum absolute atomic E-state index is 0.204. The standard InChI is InChI=1S/C42H82N4O/c1-4-7-10-13-16-21-26-39-31-30-38(25-20-12-9-6-3)40(27-22-17-14-11-8-5-2)41(39)28-23-18-15-19-24-29-42(47)46-37-36-45-35-34-44-33-32-43/h17,22,30-31,38-41,44-45H,4-16,18-21,23-29,32-37,43H2,1-3H3,(H,46,47)/b22-17+. The van der Waals surface area contributed by atoms with Gasteiger partial charge in [-0.1, -0.05) is 148 Å². The molecule has 0 bridgehead atoms. The molecule has 1 aliphatic carbocycles. The van der Waals surface area contributed by atoms with Crippen LogP contribution in [0.4, 0.5) is 0 Å². The van der Waals surface area contributed by atoms with E-state index < -0.39 is 0 Å². The van der Waals surface area contributed by atoms with Gasteiger partial charge in [0.1, 0.15) is 0 Å². The first-order valence-corrected chi connectivity index (χ1v) is 20.9. The molecule has 0 aromatic carbocycles. The maximum Gasteiger partial charge on any atom is 0.220 e. The van der Waals surface area contributed by atoms with E-state index in [-0.39, 0.29) is 5.91 Å². The van der Waals surface area contributed by atoms with E-state index >= 15 is 0 Å². The number of unbranched alkanes of at least 4 members (excludes halogenated alkanes) is 15. The Morgan fingerprint density at radius 3 is 1.74 bits per heavy atom. The van der Waals surface area contributed by atoms with Crippen LogP contribution in [0.2, 0.25) is 0 Å².